The molecule has 0 unspecified atom stereocenters. The Morgan fingerprint density at radius 3 is 2.60 bits per heavy atom. The highest BCUT2D eigenvalue weighted by Crippen LogP contribution is 2.39. The number of amides is 1. The van der Waals surface area contributed by atoms with Gasteiger partial charge in [0.1, 0.15) is 5.75 Å². The van der Waals surface area contributed by atoms with E-state index in [4.69, 9.17) is 25.8 Å². The number of nitrogens with one attached hydrogen (secondary N) is 1. The molecule has 2 rings (SSSR count). The molecule has 2 aromatic carbocycles. The summed E-state index contributed by atoms with van der Waals surface area (Å²) in [6, 6.07) is 7.42. The number of hydrogen-bond acceptors (Lipinski definition) is 8. The third-order valence-corrected chi connectivity index (χ3v) is 4.27. The highest BCUT2D eigenvalue weighted by atomic mass is 79.9. The summed E-state index contributed by atoms with van der Waals surface area (Å²) in [6.07, 6.45) is 1.06. The molecule has 1 amide bonds. The summed E-state index contributed by atoms with van der Waals surface area (Å²) < 4.78 is 15.8. The molecule has 0 aliphatic heterocycles. The third-order valence-electron chi connectivity index (χ3n) is 3.41. The van der Waals surface area contributed by atoms with E-state index in [1.807, 2.05) is 0 Å². The lowest BCUT2D eigenvalue weighted by molar-refractivity contribution is -0.385. The summed E-state index contributed by atoms with van der Waals surface area (Å²) in [5.41, 5.74) is 1.74. The van der Waals surface area contributed by atoms with Crippen molar-refractivity contribution in [3.05, 3.63) is 55.5 Å². The second-order valence-electron chi connectivity index (χ2n) is 5.54. The van der Waals surface area contributed by atoms with Gasteiger partial charge in [0.15, 0.2) is 12.4 Å². The van der Waals surface area contributed by atoms with E-state index in [0.717, 1.165) is 13.1 Å². The van der Waals surface area contributed by atoms with Crippen LogP contribution in [-0.4, -0.2) is 36.7 Å². The van der Waals surface area contributed by atoms with Crippen molar-refractivity contribution < 1.29 is 28.7 Å². The molecule has 0 aliphatic carbocycles. The second-order valence-corrected chi connectivity index (χ2v) is 6.83. The molecule has 2 aromatic rings. The summed E-state index contributed by atoms with van der Waals surface area (Å²) in [7, 11) is 1.20. The van der Waals surface area contributed by atoms with E-state index in [0.29, 0.717) is 15.2 Å². The number of carbonyl (C=O) groups is 2. The van der Waals surface area contributed by atoms with Gasteiger partial charge in [0, 0.05) is 11.9 Å². The van der Waals surface area contributed by atoms with Gasteiger partial charge >= 0.3 is 11.7 Å². The minimum atomic E-state index is -0.712. The number of halogens is 2. The van der Waals surface area contributed by atoms with Gasteiger partial charge in [-0.1, -0.05) is 11.6 Å². The highest BCUT2D eigenvalue weighted by molar-refractivity contribution is 9.10. The van der Waals surface area contributed by atoms with Crippen LogP contribution < -0.4 is 19.6 Å². The summed E-state index contributed by atoms with van der Waals surface area (Å²) in [4.78, 5) is 33.8. The van der Waals surface area contributed by atoms with Gasteiger partial charge in [0.05, 0.1) is 28.3 Å². The van der Waals surface area contributed by atoms with E-state index in [1.54, 1.807) is 18.2 Å². The van der Waals surface area contributed by atoms with Crippen molar-refractivity contribution in [2.45, 2.75) is 6.92 Å². The number of rotatable bonds is 8. The fourth-order valence-electron chi connectivity index (χ4n) is 2.23. The summed E-state index contributed by atoms with van der Waals surface area (Å²) in [5.74, 6) is -1.22. The zero-order valence-electron chi connectivity index (χ0n) is 15.7. The van der Waals surface area contributed by atoms with Crippen molar-refractivity contribution in [2.24, 2.45) is 5.10 Å². The van der Waals surface area contributed by atoms with E-state index < -0.39 is 22.5 Å². The molecule has 0 saturated carbocycles. The SMILES string of the molecule is COc1c(OC(C)=O)ccc(/C=N/NC(=O)COc2ccc(Cl)cc2Br)c1[N+](=O)[O-]. The lowest BCUT2D eigenvalue weighted by Gasteiger charge is -2.09. The van der Waals surface area contributed by atoms with Crippen LogP contribution in [0.5, 0.6) is 17.2 Å². The highest BCUT2D eigenvalue weighted by Gasteiger charge is 2.25. The van der Waals surface area contributed by atoms with Gasteiger partial charge < -0.3 is 14.2 Å². The van der Waals surface area contributed by atoms with Crippen LogP contribution in [0.2, 0.25) is 5.02 Å². The van der Waals surface area contributed by atoms with E-state index in [9.17, 15) is 19.7 Å². The fraction of sp³-hybridized carbons (Fsp3) is 0.167. The molecule has 1 N–H and O–H groups in total. The van der Waals surface area contributed by atoms with Crippen LogP contribution in [0, 0.1) is 10.1 Å². The molecule has 0 atom stereocenters. The van der Waals surface area contributed by atoms with Gasteiger partial charge in [-0.3, -0.25) is 19.7 Å². The van der Waals surface area contributed by atoms with Crippen LogP contribution in [-0.2, 0) is 9.59 Å². The van der Waals surface area contributed by atoms with Gasteiger partial charge in [-0.25, -0.2) is 5.43 Å². The number of methoxy groups -OCH3 is 1. The molecule has 0 radical (unpaired) electrons. The molecule has 0 fully saturated rings. The maximum Gasteiger partial charge on any atom is 0.323 e. The Morgan fingerprint density at radius 2 is 2.00 bits per heavy atom. The van der Waals surface area contributed by atoms with E-state index in [2.05, 4.69) is 26.5 Å². The Kier molecular flexibility index (Phi) is 8.13. The molecule has 10 nitrogen and oxygen atoms in total. The largest absolute Gasteiger partial charge is 0.488 e. The van der Waals surface area contributed by atoms with Gasteiger partial charge in [-0.2, -0.15) is 5.10 Å². The molecule has 0 spiro atoms. The van der Waals surface area contributed by atoms with Crippen LogP contribution >= 0.6 is 27.5 Å². The van der Waals surface area contributed by atoms with E-state index in [-0.39, 0.29) is 23.7 Å². The van der Waals surface area contributed by atoms with Crippen molar-refractivity contribution in [1.29, 1.82) is 0 Å². The normalized spacial score (nSPS) is 10.5. The van der Waals surface area contributed by atoms with Crippen molar-refractivity contribution in [2.75, 3.05) is 13.7 Å². The molecule has 12 heteroatoms. The quantitative estimate of drug-likeness (QED) is 0.193. The minimum Gasteiger partial charge on any atom is -0.488 e. The van der Waals surface area contributed by atoms with Crippen molar-refractivity contribution >= 4 is 51.3 Å². The lowest BCUT2D eigenvalue weighted by Crippen LogP contribution is -2.24. The van der Waals surface area contributed by atoms with Crippen molar-refractivity contribution in [1.82, 2.24) is 5.43 Å². The number of ether oxygens (including phenoxy) is 3. The fourth-order valence-corrected chi connectivity index (χ4v) is 3.03. The maximum absolute atomic E-state index is 11.9. The second kappa shape index (κ2) is 10.6. The number of nitrogens with zero attached hydrogens (tertiary/aromatic N) is 2. The number of nitro groups is 1. The standard InChI is InChI=1S/C18H15BrClN3O7/c1-10(24)30-15-5-3-11(17(23(26)27)18(15)28-2)8-21-22-16(25)9-29-14-6-4-12(20)7-13(14)19/h3-8H,9H2,1-2H3,(H,22,25)/b21-8+. The van der Waals surface area contributed by atoms with Crippen LogP contribution in [0.3, 0.4) is 0 Å². The van der Waals surface area contributed by atoms with Crippen LogP contribution in [0.1, 0.15) is 12.5 Å². The molecule has 0 heterocycles. The molecule has 0 saturated heterocycles. The maximum atomic E-state index is 11.9. The molecular formula is C18H15BrClN3O7. The minimum absolute atomic E-state index is 0.0226. The number of esters is 1. The summed E-state index contributed by atoms with van der Waals surface area (Å²) in [6.45, 7) is 0.801. The van der Waals surface area contributed by atoms with Crippen LogP contribution in [0.4, 0.5) is 5.69 Å². The lowest BCUT2D eigenvalue weighted by atomic mass is 10.1. The average molecular weight is 501 g/mol. The van der Waals surface area contributed by atoms with Crippen molar-refractivity contribution in [3.8, 4) is 17.2 Å². The number of benzene rings is 2. The van der Waals surface area contributed by atoms with Crippen LogP contribution in [0.15, 0.2) is 39.9 Å². The Hall–Kier alpha value is -3.18. The smallest absolute Gasteiger partial charge is 0.323 e. The Balaban J connectivity index is 2.10. The Morgan fingerprint density at radius 1 is 1.30 bits per heavy atom. The zero-order valence-corrected chi connectivity index (χ0v) is 18.0. The zero-order chi connectivity index (χ0) is 22.3. The summed E-state index contributed by atoms with van der Waals surface area (Å²) >= 11 is 9.09. The third kappa shape index (κ3) is 6.16. The molecule has 0 aromatic heterocycles. The van der Waals surface area contributed by atoms with Gasteiger partial charge in [0.25, 0.3) is 5.91 Å². The predicted octanol–water partition coefficient (Wildman–Crippen LogP) is 3.47. The van der Waals surface area contributed by atoms with E-state index >= 15 is 0 Å². The number of hydrazone groups is 1. The molecule has 0 bridgehead atoms. The van der Waals surface area contributed by atoms with Gasteiger partial charge in [0.2, 0.25) is 5.75 Å². The monoisotopic (exact) mass is 499 g/mol. The summed E-state index contributed by atoms with van der Waals surface area (Å²) in [5, 5.41) is 15.6. The number of nitro benzene ring substituents is 1. The Bertz CT molecular complexity index is 1010. The first-order valence-corrected chi connectivity index (χ1v) is 9.33. The van der Waals surface area contributed by atoms with E-state index in [1.165, 1.54) is 19.2 Å². The molecular weight excluding hydrogens is 486 g/mol. The topological polar surface area (TPSA) is 129 Å². The van der Waals surface area contributed by atoms with Gasteiger partial charge in [-0.05, 0) is 46.3 Å². The predicted molar refractivity (Wildman–Crippen MR) is 111 cm³/mol. The number of carbonyl (C=O) groups excluding carboxylic acids is 2. The first-order chi connectivity index (χ1) is 14.2. The molecule has 30 heavy (non-hydrogen) atoms. The Labute approximate surface area is 184 Å². The van der Waals surface area contributed by atoms with Gasteiger partial charge in [-0.15, -0.1) is 0 Å². The van der Waals surface area contributed by atoms with Crippen molar-refractivity contribution in [3.63, 3.8) is 0 Å². The first kappa shape index (κ1) is 23.1. The van der Waals surface area contributed by atoms with Crippen LogP contribution in [0.25, 0.3) is 0 Å². The average Bonchev–Trinajstić information content (AvgIpc) is 2.67. The molecule has 0 aliphatic rings. The first-order valence-electron chi connectivity index (χ1n) is 8.16. The number of hydrogen-bond donors (Lipinski definition) is 1. The molecule has 158 valence electrons.